The van der Waals surface area contributed by atoms with Crippen molar-refractivity contribution in [3.63, 3.8) is 0 Å². The van der Waals surface area contributed by atoms with Crippen LogP contribution >= 0.6 is 0 Å². The molecule has 0 amide bonds. The molecule has 1 aromatic carbocycles. The zero-order valence-electron chi connectivity index (χ0n) is 7.67. The summed E-state index contributed by atoms with van der Waals surface area (Å²) in [7, 11) is 0. The van der Waals surface area contributed by atoms with Gasteiger partial charge in [-0.05, 0) is 0 Å². The number of carbonyl (C=O) groups is 1. The van der Waals surface area contributed by atoms with Gasteiger partial charge in [0.05, 0.1) is 0 Å². The van der Waals surface area contributed by atoms with E-state index in [0.717, 1.165) is 3.07 Å². The Bertz CT molecular complexity index is 371. The van der Waals surface area contributed by atoms with Crippen molar-refractivity contribution in [3.05, 3.63) is 34.7 Å². The van der Waals surface area contributed by atoms with E-state index in [1.54, 1.807) is 12.1 Å². The molecule has 0 radical (unpaired) electrons. The van der Waals surface area contributed by atoms with Crippen LogP contribution in [-0.2, 0) is 32.5 Å². The molecule has 0 bridgehead atoms. The first-order valence-corrected chi connectivity index (χ1v) is 8.99. The van der Waals surface area contributed by atoms with Gasteiger partial charge in [-0.2, -0.15) is 0 Å². The molecular weight excluding hydrogens is 371 g/mol. The third-order valence-electron chi connectivity index (χ3n) is 1.54. The van der Waals surface area contributed by atoms with Gasteiger partial charge in [-0.3, -0.25) is 0 Å². The maximum atomic E-state index is 10.6. The minimum atomic E-state index is -1.70. The summed E-state index contributed by atoms with van der Waals surface area (Å²) in [6, 6.07) is 7.13. The summed E-state index contributed by atoms with van der Waals surface area (Å²) in [5.74, 6) is -0.217. The topological polar surface area (TPSA) is 75.1 Å². The van der Waals surface area contributed by atoms with Crippen LogP contribution in [0.25, 0.3) is 10.4 Å². The summed E-state index contributed by atoms with van der Waals surface area (Å²) in [6.07, 6.45) is 0. The van der Waals surface area contributed by atoms with Gasteiger partial charge < -0.3 is 0 Å². The Morgan fingerprint density at radius 2 is 2.14 bits per heavy atom. The van der Waals surface area contributed by atoms with E-state index in [-0.39, 0.29) is 5.97 Å². The van der Waals surface area contributed by atoms with E-state index < -0.39 is 25.0 Å². The van der Waals surface area contributed by atoms with Gasteiger partial charge in [0.2, 0.25) is 0 Å². The molecule has 0 aromatic heterocycles. The third-order valence-corrected chi connectivity index (χ3v) is 6.81. The van der Waals surface area contributed by atoms with Gasteiger partial charge in [0.15, 0.2) is 0 Å². The number of rotatable bonds is 3. The molecule has 0 aliphatic heterocycles. The number of nitrogens with zero attached hydrogens (tertiary/aromatic N) is 3. The van der Waals surface area contributed by atoms with Gasteiger partial charge in [-0.15, -0.1) is 0 Å². The van der Waals surface area contributed by atoms with E-state index in [4.69, 9.17) is 8.18 Å². The van der Waals surface area contributed by atoms with Crippen LogP contribution in [0.1, 0.15) is 6.92 Å². The predicted molar refractivity (Wildman–Crippen MR) is 46.6 cm³/mol. The van der Waals surface area contributed by atoms with Crippen LogP contribution in [0.5, 0.6) is 0 Å². The van der Waals surface area contributed by atoms with Gasteiger partial charge in [0.1, 0.15) is 0 Å². The molecule has 0 heterocycles. The first-order valence-electron chi connectivity index (χ1n) is 4.00. The molecule has 68 valence electrons. The summed E-state index contributed by atoms with van der Waals surface area (Å²) in [5.41, 5.74) is 8.74. The van der Waals surface area contributed by atoms with Crippen LogP contribution < -0.4 is 3.07 Å². The van der Waals surface area contributed by atoms with Gasteiger partial charge in [0.25, 0.3) is 0 Å². The predicted octanol–water partition coefficient (Wildman–Crippen LogP) is 1.81. The summed E-state index contributed by atoms with van der Waals surface area (Å²) in [4.78, 5) is 13.2. The van der Waals surface area contributed by atoms with E-state index >= 15 is 0 Å². The van der Waals surface area contributed by atoms with Gasteiger partial charge >= 0.3 is 93.9 Å². The van der Waals surface area contributed by atoms with Crippen LogP contribution in [0.4, 0.5) is 5.69 Å². The fraction of sp³-hybridized carbons (Fsp3) is 0.125. The number of carbonyl (C=O) groups excluding carboxylic acids is 1. The zero-order chi connectivity index (χ0) is 10.4. The van der Waals surface area contributed by atoms with Crippen LogP contribution in [0.3, 0.4) is 0 Å². The molecule has 0 N–H and O–H groups in total. The summed E-state index contributed by atoms with van der Waals surface area (Å²) in [6.45, 7) is 1.41. The number of azide groups is 1. The Morgan fingerprint density at radius 1 is 1.50 bits per heavy atom. The second kappa shape index (κ2) is 5.62. The summed E-state index contributed by atoms with van der Waals surface area (Å²) >= 11 is -1.70. The molecule has 14 heavy (non-hydrogen) atoms. The Hall–Kier alpha value is -1.06. The Balaban J connectivity index is 2.63. The van der Waals surface area contributed by atoms with Crippen molar-refractivity contribution in [2.24, 2.45) is 5.11 Å². The molecule has 0 unspecified atom stereocenters. The van der Waals surface area contributed by atoms with E-state index in [1.807, 2.05) is 12.1 Å². The van der Waals surface area contributed by atoms with Gasteiger partial charge in [-0.25, -0.2) is 0 Å². The van der Waals surface area contributed by atoms with Crippen molar-refractivity contribution < 1.29 is 32.5 Å². The van der Waals surface area contributed by atoms with Crippen LogP contribution in [0.15, 0.2) is 29.4 Å². The molecule has 0 saturated heterocycles. The number of hydrogen-bond acceptors (Lipinski definition) is 3. The van der Waals surface area contributed by atoms with Gasteiger partial charge in [0, 0.05) is 0 Å². The average molecular weight is 378 g/mol. The van der Waals surface area contributed by atoms with Crippen LogP contribution in [0.2, 0.25) is 0 Å². The van der Waals surface area contributed by atoms with Crippen LogP contribution in [0, 0.1) is 0 Å². The van der Waals surface area contributed by atoms with E-state index in [0.29, 0.717) is 5.69 Å². The Kier molecular flexibility index (Phi) is 4.42. The Labute approximate surface area is 93.8 Å². The minimum absolute atomic E-state index is 0.217. The van der Waals surface area contributed by atoms with Crippen molar-refractivity contribution in [3.8, 4) is 0 Å². The molecule has 0 atom stereocenters. The van der Waals surface area contributed by atoms with Crippen molar-refractivity contribution in [2.75, 3.05) is 0 Å². The summed E-state index contributed by atoms with van der Waals surface area (Å²) in [5, 5.41) is 3.44. The molecular formula is C8H7HgN3O2. The average Bonchev–Trinajstić information content (AvgIpc) is 2.17. The van der Waals surface area contributed by atoms with Crippen molar-refractivity contribution >= 4 is 14.7 Å². The van der Waals surface area contributed by atoms with Crippen LogP contribution in [-0.4, -0.2) is 5.97 Å². The molecule has 0 aliphatic rings. The van der Waals surface area contributed by atoms with Gasteiger partial charge in [-0.1, -0.05) is 0 Å². The van der Waals surface area contributed by atoms with E-state index in [2.05, 4.69) is 10.0 Å². The second-order valence-corrected chi connectivity index (χ2v) is 8.05. The fourth-order valence-corrected chi connectivity index (χ4v) is 4.00. The molecule has 5 nitrogen and oxygen atoms in total. The van der Waals surface area contributed by atoms with E-state index in [1.165, 1.54) is 6.92 Å². The molecule has 0 aliphatic carbocycles. The standard InChI is InChI=1S/C6H4N3.C2H4O2.Hg/c7-9-8-6-4-2-1-3-5-6;1-2(3)4;/h2-5H;1H3,(H,3,4);/q;;+1/p-1. The van der Waals surface area contributed by atoms with Crippen molar-refractivity contribution in [1.29, 1.82) is 0 Å². The third kappa shape index (κ3) is 3.76. The second-order valence-electron chi connectivity index (χ2n) is 2.64. The molecule has 6 heteroatoms. The first-order chi connectivity index (χ1) is 6.72. The summed E-state index contributed by atoms with van der Waals surface area (Å²) < 4.78 is 6.09. The quantitative estimate of drug-likeness (QED) is 0.349. The van der Waals surface area contributed by atoms with Crippen molar-refractivity contribution in [1.82, 2.24) is 0 Å². The normalized spacial score (nSPS) is 8.36. The monoisotopic (exact) mass is 379 g/mol. The fourth-order valence-electron chi connectivity index (χ4n) is 0.895. The molecule has 0 fully saturated rings. The molecule has 1 aromatic rings. The molecule has 0 spiro atoms. The number of hydrogen-bond donors (Lipinski definition) is 0. The molecule has 0 saturated carbocycles. The van der Waals surface area contributed by atoms with E-state index in [9.17, 15) is 4.79 Å². The SMILES string of the molecule is CC(=O)[O][Hg][c]1ccc(N=[N+]=[N-])cc1. The number of benzene rings is 1. The molecule has 1 rings (SSSR count). The maximum absolute atomic E-state index is 10.6. The zero-order valence-corrected chi connectivity index (χ0v) is 13.2. The van der Waals surface area contributed by atoms with Crippen molar-refractivity contribution in [2.45, 2.75) is 6.92 Å². The Morgan fingerprint density at radius 3 is 2.64 bits per heavy atom. The first kappa shape index (κ1) is 11.0.